The van der Waals surface area contributed by atoms with E-state index in [-0.39, 0.29) is 6.10 Å². The van der Waals surface area contributed by atoms with Gasteiger partial charge in [0.1, 0.15) is 0 Å². The summed E-state index contributed by atoms with van der Waals surface area (Å²) in [6.45, 7) is 0. The van der Waals surface area contributed by atoms with Crippen LogP contribution in [-0.4, -0.2) is 11.2 Å². The molecular formula is C17H18O. The van der Waals surface area contributed by atoms with Gasteiger partial charge in [-0.15, -0.1) is 0 Å². The van der Waals surface area contributed by atoms with Gasteiger partial charge in [0.25, 0.3) is 0 Å². The molecule has 18 heavy (non-hydrogen) atoms. The number of benzene rings is 2. The first kappa shape index (κ1) is 10.6. The molecule has 1 N–H and O–H groups in total. The Labute approximate surface area is 107 Å². The Morgan fingerprint density at radius 1 is 0.889 bits per heavy atom. The van der Waals surface area contributed by atoms with Crippen molar-refractivity contribution in [1.29, 1.82) is 0 Å². The predicted molar refractivity (Wildman–Crippen MR) is 73.5 cm³/mol. The van der Waals surface area contributed by atoms with Crippen LogP contribution in [-0.2, 0) is 0 Å². The lowest BCUT2D eigenvalue weighted by Gasteiger charge is -2.28. The van der Waals surface area contributed by atoms with Gasteiger partial charge in [-0.3, -0.25) is 0 Å². The second-order valence-corrected chi connectivity index (χ2v) is 5.92. The van der Waals surface area contributed by atoms with Gasteiger partial charge in [-0.2, -0.15) is 0 Å². The highest BCUT2D eigenvalue weighted by atomic mass is 16.3. The Morgan fingerprint density at radius 3 is 2.50 bits per heavy atom. The molecule has 0 aromatic heterocycles. The normalized spacial score (nSPS) is 34.3. The van der Waals surface area contributed by atoms with Gasteiger partial charge in [-0.25, -0.2) is 0 Å². The first-order valence-electron chi connectivity index (χ1n) is 7.00. The molecule has 2 fully saturated rings. The first-order valence-corrected chi connectivity index (χ1v) is 7.00. The van der Waals surface area contributed by atoms with Gasteiger partial charge >= 0.3 is 0 Å². The van der Waals surface area contributed by atoms with Crippen molar-refractivity contribution in [2.75, 3.05) is 0 Å². The van der Waals surface area contributed by atoms with Crippen molar-refractivity contribution < 1.29 is 5.11 Å². The van der Waals surface area contributed by atoms with Crippen molar-refractivity contribution >= 4 is 10.8 Å². The van der Waals surface area contributed by atoms with E-state index in [0.717, 1.165) is 0 Å². The Kier molecular flexibility index (Phi) is 2.25. The molecule has 0 spiro atoms. The maximum atomic E-state index is 10.5. The molecule has 2 aliphatic rings. The van der Waals surface area contributed by atoms with Crippen LogP contribution in [0.2, 0.25) is 0 Å². The molecule has 2 aromatic rings. The smallest absolute Gasteiger partial charge is 0.0639 e. The molecule has 0 radical (unpaired) electrons. The Morgan fingerprint density at radius 2 is 1.67 bits per heavy atom. The number of rotatable bonds is 1. The summed E-state index contributed by atoms with van der Waals surface area (Å²) >= 11 is 0. The van der Waals surface area contributed by atoms with Gasteiger partial charge in [0.2, 0.25) is 0 Å². The fraction of sp³-hybridized carbons (Fsp3) is 0.412. The van der Waals surface area contributed by atoms with E-state index in [0.29, 0.717) is 17.8 Å². The number of fused-ring (bicyclic) bond motifs is 3. The average Bonchev–Trinajstić information content (AvgIpc) is 2.99. The molecule has 4 rings (SSSR count). The van der Waals surface area contributed by atoms with Crippen LogP contribution in [0.1, 0.15) is 30.7 Å². The van der Waals surface area contributed by atoms with Crippen molar-refractivity contribution in [3.05, 3.63) is 48.0 Å². The van der Waals surface area contributed by atoms with Crippen LogP contribution >= 0.6 is 0 Å². The molecule has 2 saturated carbocycles. The monoisotopic (exact) mass is 238 g/mol. The highest BCUT2D eigenvalue weighted by Gasteiger charge is 2.47. The largest absolute Gasteiger partial charge is 0.392 e. The van der Waals surface area contributed by atoms with Crippen LogP contribution in [0.15, 0.2) is 42.5 Å². The van der Waals surface area contributed by atoms with Crippen molar-refractivity contribution in [3.63, 3.8) is 0 Å². The maximum absolute atomic E-state index is 10.5. The summed E-state index contributed by atoms with van der Waals surface area (Å²) in [5.41, 5.74) is 1.37. The second kappa shape index (κ2) is 3.83. The Bertz CT molecular complexity index is 582. The summed E-state index contributed by atoms with van der Waals surface area (Å²) in [5, 5.41) is 13.1. The summed E-state index contributed by atoms with van der Waals surface area (Å²) in [4.78, 5) is 0. The van der Waals surface area contributed by atoms with E-state index in [1.807, 2.05) is 0 Å². The minimum absolute atomic E-state index is 0.116. The van der Waals surface area contributed by atoms with Gasteiger partial charge in [-0.1, -0.05) is 42.5 Å². The van der Waals surface area contributed by atoms with Crippen molar-refractivity contribution in [1.82, 2.24) is 0 Å². The van der Waals surface area contributed by atoms with E-state index in [9.17, 15) is 5.11 Å². The quantitative estimate of drug-likeness (QED) is 0.803. The van der Waals surface area contributed by atoms with Crippen LogP contribution in [0, 0.1) is 11.8 Å². The fourth-order valence-electron chi connectivity index (χ4n) is 4.24. The zero-order valence-electron chi connectivity index (χ0n) is 10.4. The van der Waals surface area contributed by atoms with Crippen molar-refractivity contribution in [3.8, 4) is 0 Å². The van der Waals surface area contributed by atoms with Crippen LogP contribution < -0.4 is 0 Å². The molecular weight excluding hydrogens is 220 g/mol. The molecule has 2 bridgehead atoms. The van der Waals surface area contributed by atoms with Crippen LogP contribution in [0.4, 0.5) is 0 Å². The van der Waals surface area contributed by atoms with Gasteiger partial charge in [0.05, 0.1) is 6.10 Å². The molecule has 4 unspecified atom stereocenters. The molecule has 0 aliphatic heterocycles. The molecule has 92 valence electrons. The number of hydrogen-bond acceptors (Lipinski definition) is 1. The van der Waals surface area contributed by atoms with Crippen LogP contribution in [0.5, 0.6) is 0 Å². The fourth-order valence-corrected chi connectivity index (χ4v) is 4.24. The third-order valence-corrected chi connectivity index (χ3v) is 5.06. The highest BCUT2D eigenvalue weighted by molar-refractivity contribution is 5.86. The van der Waals surface area contributed by atoms with Crippen molar-refractivity contribution in [2.45, 2.75) is 31.3 Å². The summed E-state index contributed by atoms with van der Waals surface area (Å²) in [6, 6.07) is 15.1. The molecule has 2 aliphatic carbocycles. The SMILES string of the molecule is OC1C2CCC(C2)C1c1cccc2ccccc12. The molecule has 0 saturated heterocycles. The first-order chi connectivity index (χ1) is 8.84. The molecule has 1 nitrogen and oxygen atoms in total. The Balaban J connectivity index is 1.88. The summed E-state index contributed by atoms with van der Waals surface area (Å²) in [7, 11) is 0. The zero-order chi connectivity index (χ0) is 12.1. The van der Waals surface area contributed by atoms with Crippen LogP contribution in [0.25, 0.3) is 10.8 Å². The zero-order valence-corrected chi connectivity index (χ0v) is 10.4. The van der Waals surface area contributed by atoms with E-state index in [1.165, 1.54) is 35.6 Å². The Hall–Kier alpha value is -1.34. The third kappa shape index (κ3) is 1.37. The number of hydrogen-bond donors (Lipinski definition) is 1. The number of aliphatic hydroxyl groups excluding tert-OH is 1. The van der Waals surface area contributed by atoms with Gasteiger partial charge in [-0.05, 0) is 47.4 Å². The minimum Gasteiger partial charge on any atom is -0.392 e. The lowest BCUT2D eigenvalue weighted by Crippen LogP contribution is -2.25. The topological polar surface area (TPSA) is 20.2 Å². The number of aliphatic hydroxyl groups is 1. The van der Waals surface area contributed by atoms with E-state index in [1.54, 1.807) is 0 Å². The van der Waals surface area contributed by atoms with Crippen molar-refractivity contribution in [2.24, 2.45) is 11.8 Å². The average molecular weight is 238 g/mol. The molecule has 2 aromatic carbocycles. The minimum atomic E-state index is -0.116. The van der Waals surface area contributed by atoms with Crippen LogP contribution in [0.3, 0.4) is 0 Å². The second-order valence-electron chi connectivity index (χ2n) is 5.92. The molecule has 0 heterocycles. The summed E-state index contributed by atoms with van der Waals surface area (Å²) in [5.74, 6) is 1.63. The van der Waals surface area contributed by atoms with Gasteiger partial charge in [0.15, 0.2) is 0 Å². The lowest BCUT2D eigenvalue weighted by atomic mass is 9.79. The van der Waals surface area contributed by atoms with Gasteiger partial charge in [0, 0.05) is 5.92 Å². The van der Waals surface area contributed by atoms with E-state index in [2.05, 4.69) is 42.5 Å². The highest BCUT2D eigenvalue weighted by Crippen LogP contribution is 2.53. The lowest BCUT2D eigenvalue weighted by molar-refractivity contribution is 0.0928. The summed E-state index contributed by atoms with van der Waals surface area (Å²) < 4.78 is 0. The maximum Gasteiger partial charge on any atom is 0.0639 e. The van der Waals surface area contributed by atoms with E-state index in [4.69, 9.17) is 0 Å². The third-order valence-electron chi connectivity index (χ3n) is 5.06. The van der Waals surface area contributed by atoms with Gasteiger partial charge < -0.3 is 5.11 Å². The van der Waals surface area contributed by atoms with E-state index >= 15 is 0 Å². The predicted octanol–water partition coefficient (Wildman–Crippen LogP) is 3.71. The summed E-state index contributed by atoms with van der Waals surface area (Å²) in [6.07, 6.45) is 3.65. The molecule has 0 amide bonds. The standard InChI is InChI=1S/C17H18O/c18-17-13-9-8-12(10-13)16(17)15-7-3-5-11-4-1-2-6-14(11)15/h1-7,12-13,16-18H,8-10H2. The molecule has 4 atom stereocenters. The molecule has 1 heteroatoms. The van der Waals surface area contributed by atoms with E-state index < -0.39 is 0 Å².